The van der Waals surface area contributed by atoms with Crippen molar-refractivity contribution in [2.75, 3.05) is 0 Å². The van der Waals surface area contributed by atoms with Crippen LogP contribution in [0.2, 0.25) is 0 Å². The average Bonchev–Trinajstić information content (AvgIpc) is 2.74. The van der Waals surface area contributed by atoms with Gasteiger partial charge in [-0.3, -0.25) is 4.79 Å². The predicted octanol–water partition coefficient (Wildman–Crippen LogP) is 3.51. The van der Waals surface area contributed by atoms with E-state index in [2.05, 4.69) is 26.0 Å². The monoisotopic (exact) mass is 286 g/mol. The molecule has 0 amide bonds. The Bertz CT molecular complexity index is 532. The molecule has 0 aliphatic heterocycles. The fraction of sp³-hybridized carbons (Fsp3) is 0.737. The lowest BCUT2D eigenvalue weighted by molar-refractivity contribution is -0.116. The maximum absolute atomic E-state index is 11.7. The van der Waals surface area contributed by atoms with E-state index in [4.69, 9.17) is 0 Å². The van der Waals surface area contributed by atoms with E-state index >= 15 is 0 Å². The SMILES string of the molecule is C[C@H]1C[C@]2(C)[C@@H](O)CC[C@H]2[C@@H]2C=CC3=CC(=O)CC[C@@H]3[C@H]21. The molecule has 0 aromatic heterocycles. The summed E-state index contributed by atoms with van der Waals surface area (Å²) < 4.78 is 0. The van der Waals surface area contributed by atoms with Crippen LogP contribution in [0.3, 0.4) is 0 Å². The Labute approximate surface area is 127 Å². The molecule has 0 aromatic carbocycles. The topological polar surface area (TPSA) is 37.3 Å². The third-order valence-corrected chi connectivity index (χ3v) is 7.12. The first-order valence-electron chi connectivity index (χ1n) is 8.61. The van der Waals surface area contributed by atoms with E-state index in [0.717, 1.165) is 25.7 Å². The number of fused-ring (bicyclic) bond motifs is 5. The molecule has 0 aromatic rings. The molecule has 0 spiro atoms. The summed E-state index contributed by atoms with van der Waals surface area (Å²) in [4.78, 5) is 11.7. The highest BCUT2D eigenvalue weighted by atomic mass is 16.3. The largest absolute Gasteiger partial charge is 0.393 e. The summed E-state index contributed by atoms with van der Waals surface area (Å²) in [5, 5.41) is 10.5. The lowest BCUT2D eigenvalue weighted by Crippen LogP contribution is -2.49. The van der Waals surface area contributed by atoms with E-state index in [0.29, 0.717) is 35.4 Å². The van der Waals surface area contributed by atoms with Crippen molar-refractivity contribution < 1.29 is 9.90 Å². The van der Waals surface area contributed by atoms with Gasteiger partial charge in [-0.1, -0.05) is 26.0 Å². The van der Waals surface area contributed by atoms with E-state index < -0.39 is 0 Å². The van der Waals surface area contributed by atoms with Crippen LogP contribution < -0.4 is 0 Å². The molecule has 0 bridgehead atoms. The predicted molar refractivity (Wildman–Crippen MR) is 82.6 cm³/mol. The Hall–Kier alpha value is -0.890. The van der Waals surface area contributed by atoms with Crippen LogP contribution in [-0.4, -0.2) is 17.0 Å². The van der Waals surface area contributed by atoms with Crippen LogP contribution in [0.15, 0.2) is 23.8 Å². The van der Waals surface area contributed by atoms with Crippen molar-refractivity contribution >= 4 is 5.78 Å². The van der Waals surface area contributed by atoms with Crippen molar-refractivity contribution in [3.63, 3.8) is 0 Å². The molecular weight excluding hydrogens is 260 g/mol. The highest BCUT2D eigenvalue weighted by molar-refractivity contribution is 5.91. The first-order valence-corrected chi connectivity index (χ1v) is 8.61. The number of hydrogen-bond acceptors (Lipinski definition) is 2. The number of aliphatic hydroxyl groups excluding tert-OH is 1. The van der Waals surface area contributed by atoms with Crippen LogP contribution >= 0.6 is 0 Å². The first kappa shape index (κ1) is 13.8. The third kappa shape index (κ3) is 1.84. The zero-order chi connectivity index (χ0) is 14.8. The van der Waals surface area contributed by atoms with Crippen LogP contribution in [0.1, 0.15) is 46.0 Å². The maximum Gasteiger partial charge on any atom is 0.155 e. The number of rotatable bonds is 0. The molecule has 21 heavy (non-hydrogen) atoms. The van der Waals surface area contributed by atoms with Gasteiger partial charge < -0.3 is 5.11 Å². The minimum Gasteiger partial charge on any atom is -0.393 e. The van der Waals surface area contributed by atoms with Crippen LogP contribution in [-0.2, 0) is 4.79 Å². The molecule has 7 atom stereocenters. The summed E-state index contributed by atoms with van der Waals surface area (Å²) in [5.41, 5.74) is 1.39. The number of hydrogen-bond donors (Lipinski definition) is 1. The summed E-state index contributed by atoms with van der Waals surface area (Å²) in [5.74, 6) is 3.42. The second-order valence-electron chi connectivity index (χ2n) is 8.16. The molecular formula is C19H26O2. The van der Waals surface area contributed by atoms with Crippen molar-refractivity contribution in [1.82, 2.24) is 0 Å². The van der Waals surface area contributed by atoms with Crippen molar-refractivity contribution in [2.45, 2.75) is 52.1 Å². The van der Waals surface area contributed by atoms with Gasteiger partial charge in [-0.15, -0.1) is 0 Å². The van der Waals surface area contributed by atoms with E-state index in [1.54, 1.807) is 0 Å². The molecule has 2 heteroatoms. The molecule has 0 unspecified atom stereocenters. The first-order chi connectivity index (χ1) is 10.0. The average molecular weight is 286 g/mol. The minimum atomic E-state index is -0.121. The summed E-state index contributed by atoms with van der Waals surface area (Å²) in [7, 11) is 0. The summed E-state index contributed by atoms with van der Waals surface area (Å²) >= 11 is 0. The van der Waals surface area contributed by atoms with Gasteiger partial charge >= 0.3 is 0 Å². The van der Waals surface area contributed by atoms with Crippen LogP contribution in [0.5, 0.6) is 0 Å². The fourth-order valence-corrected chi connectivity index (χ4v) is 6.21. The van der Waals surface area contributed by atoms with Crippen molar-refractivity contribution in [3.05, 3.63) is 23.8 Å². The van der Waals surface area contributed by atoms with Crippen molar-refractivity contribution in [3.8, 4) is 0 Å². The fourth-order valence-electron chi connectivity index (χ4n) is 6.21. The summed E-state index contributed by atoms with van der Waals surface area (Å²) in [6.07, 6.45) is 11.4. The maximum atomic E-state index is 11.7. The van der Waals surface area contributed by atoms with Gasteiger partial charge in [0.2, 0.25) is 0 Å². The molecule has 4 rings (SSSR count). The van der Waals surface area contributed by atoms with E-state index in [1.807, 2.05) is 6.08 Å². The van der Waals surface area contributed by atoms with Crippen LogP contribution in [0, 0.1) is 35.0 Å². The van der Waals surface area contributed by atoms with E-state index in [9.17, 15) is 9.90 Å². The summed E-state index contributed by atoms with van der Waals surface area (Å²) in [6.45, 7) is 4.68. The second kappa shape index (κ2) is 4.55. The van der Waals surface area contributed by atoms with Gasteiger partial charge in [0, 0.05) is 6.42 Å². The molecule has 4 aliphatic rings. The van der Waals surface area contributed by atoms with Gasteiger partial charge in [0.1, 0.15) is 0 Å². The van der Waals surface area contributed by atoms with Gasteiger partial charge in [-0.25, -0.2) is 0 Å². The second-order valence-corrected chi connectivity index (χ2v) is 8.16. The van der Waals surface area contributed by atoms with Gasteiger partial charge in [0.25, 0.3) is 0 Å². The molecule has 0 heterocycles. The van der Waals surface area contributed by atoms with E-state index in [-0.39, 0.29) is 11.5 Å². The molecule has 1 N–H and O–H groups in total. The van der Waals surface area contributed by atoms with Crippen molar-refractivity contribution in [1.29, 1.82) is 0 Å². The highest BCUT2D eigenvalue weighted by Crippen LogP contribution is 2.61. The van der Waals surface area contributed by atoms with Crippen molar-refractivity contribution in [2.24, 2.45) is 35.0 Å². The third-order valence-electron chi connectivity index (χ3n) is 7.12. The van der Waals surface area contributed by atoms with Gasteiger partial charge in [0.05, 0.1) is 6.10 Å². The Morgan fingerprint density at radius 1 is 1.29 bits per heavy atom. The van der Waals surface area contributed by atoms with Gasteiger partial charge in [-0.2, -0.15) is 0 Å². The number of aliphatic hydroxyl groups is 1. The molecule has 2 nitrogen and oxygen atoms in total. The molecule has 2 fully saturated rings. The molecule has 0 radical (unpaired) electrons. The lowest BCUT2D eigenvalue weighted by Gasteiger charge is -2.54. The molecule has 0 saturated heterocycles. The van der Waals surface area contributed by atoms with Crippen LogP contribution in [0.4, 0.5) is 0 Å². The normalized spacial score (nSPS) is 52.0. The summed E-state index contributed by atoms with van der Waals surface area (Å²) in [6, 6.07) is 0. The number of allylic oxidation sites excluding steroid dienone is 4. The zero-order valence-electron chi connectivity index (χ0n) is 13.1. The Morgan fingerprint density at radius 3 is 2.90 bits per heavy atom. The quantitative estimate of drug-likeness (QED) is 0.740. The number of ketones is 1. The molecule has 4 aliphatic carbocycles. The van der Waals surface area contributed by atoms with E-state index in [1.165, 1.54) is 12.0 Å². The lowest BCUT2D eigenvalue weighted by atomic mass is 9.51. The number of carbonyl (C=O) groups excluding carboxylic acids is 1. The Balaban J connectivity index is 1.74. The van der Waals surface area contributed by atoms with Gasteiger partial charge in [-0.05, 0) is 72.3 Å². The smallest absolute Gasteiger partial charge is 0.155 e. The minimum absolute atomic E-state index is 0.108. The van der Waals surface area contributed by atoms with Crippen LogP contribution in [0.25, 0.3) is 0 Å². The molecule has 2 saturated carbocycles. The highest BCUT2D eigenvalue weighted by Gasteiger charge is 2.57. The number of carbonyl (C=O) groups is 1. The zero-order valence-corrected chi connectivity index (χ0v) is 13.1. The van der Waals surface area contributed by atoms with Gasteiger partial charge in [0.15, 0.2) is 5.78 Å². The molecule has 114 valence electrons. The standard InChI is InChI=1S/C19H26O2/c1-11-10-19(2)16(7-8-17(19)21)15-5-3-12-9-13(20)4-6-14(12)18(11)15/h3,5,9,11,14-18,21H,4,6-8,10H2,1-2H3/t11-,14-,15-,16-,17-,18+,19-/m0/s1. The Morgan fingerprint density at radius 2 is 2.10 bits per heavy atom. The Kier molecular flexibility index (Phi) is 2.98.